The third kappa shape index (κ3) is 5.05. The fraction of sp³-hybridized carbons (Fsp3) is 0.500. The molecule has 1 heterocycles. The normalized spacial score (nSPS) is 15.8. The van der Waals surface area contributed by atoms with Crippen molar-refractivity contribution in [2.75, 3.05) is 19.0 Å². The van der Waals surface area contributed by atoms with Crippen molar-refractivity contribution in [3.05, 3.63) is 35.9 Å². The average Bonchev–Trinajstić information content (AvgIpc) is 2.54. The van der Waals surface area contributed by atoms with Crippen LogP contribution in [-0.4, -0.2) is 35.7 Å². The van der Waals surface area contributed by atoms with Gasteiger partial charge < -0.3 is 9.64 Å². The first kappa shape index (κ1) is 15.8. The van der Waals surface area contributed by atoms with Crippen LogP contribution in [0.3, 0.4) is 0 Å². The lowest BCUT2D eigenvalue weighted by atomic mass is 9.92. The third-order valence-electron chi connectivity index (χ3n) is 3.74. The Hall–Kier alpha value is -1.55. The highest BCUT2D eigenvalue weighted by Gasteiger charge is 2.24. The number of piperidine rings is 1. The number of ketones is 1. The predicted molar refractivity (Wildman–Crippen MR) is 81.3 cm³/mol. The van der Waals surface area contributed by atoms with Gasteiger partial charge in [0.2, 0.25) is 0 Å². The van der Waals surface area contributed by atoms with Gasteiger partial charge in [-0.1, -0.05) is 30.3 Å². The molecule has 0 N–H and O–H groups in total. The highest BCUT2D eigenvalue weighted by Crippen LogP contribution is 2.21. The molecule has 0 radical (unpaired) electrons. The maximum Gasteiger partial charge on any atom is 0.410 e. The van der Waals surface area contributed by atoms with Gasteiger partial charge in [-0.25, -0.2) is 4.79 Å². The molecule has 5 heteroatoms. The molecule has 1 aromatic rings. The Balaban J connectivity index is 1.72. The molecule has 4 nitrogen and oxygen atoms in total. The van der Waals surface area contributed by atoms with E-state index in [1.165, 1.54) is 0 Å². The Bertz CT molecular complexity index is 470. The molecular weight excluding hydrogens is 290 g/mol. The van der Waals surface area contributed by atoms with Gasteiger partial charge in [0.05, 0.1) is 5.88 Å². The van der Waals surface area contributed by atoms with Crippen LogP contribution in [-0.2, 0) is 16.1 Å². The van der Waals surface area contributed by atoms with Gasteiger partial charge in [0.25, 0.3) is 0 Å². The molecule has 1 amide bonds. The first-order valence-corrected chi connectivity index (χ1v) is 7.75. The topological polar surface area (TPSA) is 46.6 Å². The van der Waals surface area contributed by atoms with Crippen molar-refractivity contribution >= 4 is 23.5 Å². The molecule has 114 valence electrons. The molecule has 0 atom stereocenters. The zero-order chi connectivity index (χ0) is 15.1. The Morgan fingerprint density at radius 3 is 2.48 bits per heavy atom. The van der Waals surface area contributed by atoms with Gasteiger partial charge in [0.1, 0.15) is 12.4 Å². The Labute approximate surface area is 130 Å². The van der Waals surface area contributed by atoms with E-state index in [0.29, 0.717) is 32.0 Å². The summed E-state index contributed by atoms with van der Waals surface area (Å²) in [5.41, 5.74) is 0.980. The lowest BCUT2D eigenvalue weighted by molar-refractivity contribution is -0.117. The third-order valence-corrected chi connectivity index (χ3v) is 4.04. The van der Waals surface area contributed by atoms with Gasteiger partial charge in [0, 0.05) is 19.5 Å². The number of nitrogens with zero attached hydrogens (tertiary/aromatic N) is 1. The molecule has 2 rings (SSSR count). The summed E-state index contributed by atoms with van der Waals surface area (Å²) in [6.07, 6.45) is 1.92. The van der Waals surface area contributed by atoms with E-state index in [2.05, 4.69) is 0 Å². The van der Waals surface area contributed by atoms with Gasteiger partial charge in [0.15, 0.2) is 0 Å². The summed E-state index contributed by atoms with van der Waals surface area (Å²) < 4.78 is 5.30. The number of alkyl halides is 1. The van der Waals surface area contributed by atoms with Crippen molar-refractivity contribution in [1.29, 1.82) is 0 Å². The van der Waals surface area contributed by atoms with Crippen molar-refractivity contribution in [2.24, 2.45) is 5.92 Å². The van der Waals surface area contributed by atoms with Crippen molar-refractivity contribution < 1.29 is 14.3 Å². The molecule has 1 aliphatic heterocycles. The standard InChI is InChI=1S/C16H20ClNO3/c17-11-15(19)10-13-6-8-18(9-7-13)16(20)21-12-14-4-2-1-3-5-14/h1-5,13H,6-12H2. The molecule has 1 fully saturated rings. The van der Waals surface area contributed by atoms with Crippen molar-refractivity contribution in [3.63, 3.8) is 0 Å². The van der Waals surface area contributed by atoms with E-state index in [1.54, 1.807) is 4.90 Å². The zero-order valence-corrected chi connectivity index (χ0v) is 12.7. The van der Waals surface area contributed by atoms with Crippen LogP contribution < -0.4 is 0 Å². The minimum atomic E-state index is -0.277. The summed E-state index contributed by atoms with van der Waals surface area (Å²) in [4.78, 5) is 25.0. The molecule has 21 heavy (non-hydrogen) atoms. The number of ether oxygens (including phenoxy) is 1. The first-order valence-electron chi connectivity index (χ1n) is 7.22. The highest BCUT2D eigenvalue weighted by molar-refractivity contribution is 6.27. The molecule has 0 bridgehead atoms. The van der Waals surface area contributed by atoms with E-state index < -0.39 is 0 Å². The molecule has 0 saturated carbocycles. The fourth-order valence-electron chi connectivity index (χ4n) is 2.51. The average molecular weight is 310 g/mol. The van der Waals surface area contributed by atoms with E-state index in [4.69, 9.17) is 16.3 Å². The maximum atomic E-state index is 12.0. The second kappa shape index (κ2) is 8.03. The molecule has 1 saturated heterocycles. The lowest BCUT2D eigenvalue weighted by Crippen LogP contribution is -2.39. The smallest absolute Gasteiger partial charge is 0.410 e. The number of carbonyl (C=O) groups excluding carboxylic acids is 2. The van der Waals surface area contributed by atoms with Crippen LogP contribution in [0.15, 0.2) is 30.3 Å². The van der Waals surface area contributed by atoms with Crippen molar-refractivity contribution in [3.8, 4) is 0 Å². The van der Waals surface area contributed by atoms with Gasteiger partial charge in [-0.2, -0.15) is 0 Å². The Morgan fingerprint density at radius 1 is 1.19 bits per heavy atom. The lowest BCUT2D eigenvalue weighted by Gasteiger charge is -2.30. The first-order chi connectivity index (χ1) is 10.2. The number of Topliss-reactive ketones (excluding diaryl/α,β-unsaturated/α-hetero) is 1. The number of amides is 1. The Kier molecular flexibility index (Phi) is 6.05. The van der Waals surface area contributed by atoms with Crippen molar-refractivity contribution in [2.45, 2.75) is 25.9 Å². The van der Waals surface area contributed by atoms with E-state index in [-0.39, 0.29) is 17.8 Å². The maximum absolute atomic E-state index is 12.0. The number of hydrogen-bond donors (Lipinski definition) is 0. The summed E-state index contributed by atoms with van der Waals surface area (Å²) in [5.74, 6) is 0.510. The molecule has 0 unspecified atom stereocenters. The van der Waals surface area contributed by atoms with Crippen LogP contribution in [0.1, 0.15) is 24.8 Å². The summed E-state index contributed by atoms with van der Waals surface area (Å²) >= 11 is 5.52. The minimum absolute atomic E-state index is 0.0827. The Morgan fingerprint density at radius 2 is 1.86 bits per heavy atom. The molecule has 1 aromatic carbocycles. The molecule has 1 aliphatic rings. The van der Waals surface area contributed by atoms with Crippen LogP contribution in [0.4, 0.5) is 4.79 Å². The second-order valence-corrected chi connectivity index (χ2v) is 5.61. The number of carbonyl (C=O) groups is 2. The van der Waals surface area contributed by atoms with E-state index in [0.717, 1.165) is 18.4 Å². The summed E-state index contributed by atoms with van der Waals surface area (Å²) in [6, 6.07) is 9.62. The van der Waals surface area contributed by atoms with E-state index in [9.17, 15) is 9.59 Å². The quantitative estimate of drug-likeness (QED) is 0.785. The largest absolute Gasteiger partial charge is 0.445 e. The van der Waals surface area contributed by atoms with Gasteiger partial charge in [-0.05, 0) is 24.3 Å². The van der Waals surface area contributed by atoms with Gasteiger partial charge in [-0.3, -0.25) is 4.79 Å². The van der Waals surface area contributed by atoms with Crippen LogP contribution in [0.5, 0.6) is 0 Å². The zero-order valence-electron chi connectivity index (χ0n) is 12.0. The van der Waals surface area contributed by atoms with Crippen LogP contribution in [0, 0.1) is 5.92 Å². The minimum Gasteiger partial charge on any atom is -0.445 e. The highest BCUT2D eigenvalue weighted by atomic mass is 35.5. The van der Waals surface area contributed by atoms with E-state index in [1.807, 2.05) is 30.3 Å². The second-order valence-electron chi connectivity index (χ2n) is 5.35. The SMILES string of the molecule is O=C(CCl)CC1CCN(C(=O)OCc2ccccc2)CC1. The van der Waals surface area contributed by atoms with Crippen LogP contribution in [0.25, 0.3) is 0 Å². The van der Waals surface area contributed by atoms with Crippen LogP contribution >= 0.6 is 11.6 Å². The fourth-order valence-corrected chi connectivity index (χ4v) is 2.62. The molecule has 0 spiro atoms. The molecular formula is C16H20ClNO3. The number of halogens is 1. The van der Waals surface area contributed by atoms with Crippen LogP contribution in [0.2, 0.25) is 0 Å². The van der Waals surface area contributed by atoms with Gasteiger partial charge >= 0.3 is 6.09 Å². The molecule has 0 aliphatic carbocycles. The number of benzene rings is 1. The van der Waals surface area contributed by atoms with Crippen molar-refractivity contribution in [1.82, 2.24) is 4.90 Å². The van der Waals surface area contributed by atoms with Gasteiger partial charge in [-0.15, -0.1) is 11.6 Å². The molecule has 0 aromatic heterocycles. The number of rotatable bonds is 5. The number of likely N-dealkylation sites (tertiary alicyclic amines) is 1. The summed E-state index contributed by atoms with van der Waals surface area (Å²) in [6.45, 7) is 1.59. The number of hydrogen-bond acceptors (Lipinski definition) is 3. The monoisotopic (exact) mass is 309 g/mol. The summed E-state index contributed by atoms with van der Waals surface area (Å²) in [5, 5.41) is 0. The predicted octanol–water partition coefficient (Wildman–Crippen LogP) is 3.23. The summed E-state index contributed by atoms with van der Waals surface area (Å²) in [7, 11) is 0. The van der Waals surface area contributed by atoms with E-state index >= 15 is 0 Å².